The summed E-state index contributed by atoms with van der Waals surface area (Å²) in [5, 5.41) is 1.09. The molecule has 5 rings (SSSR count). The lowest BCUT2D eigenvalue weighted by Gasteiger charge is -2.32. The number of ether oxygens (including phenoxy) is 2. The zero-order chi connectivity index (χ0) is 24.7. The normalized spacial score (nSPS) is 17.0. The molecule has 0 bridgehead atoms. The molecule has 0 spiro atoms. The monoisotopic (exact) mass is 487 g/mol. The number of nitrogens with zero attached hydrogens (tertiary/aromatic N) is 3. The minimum atomic E-state index is 0.149. The Balaban J connectivity index is 1.26. The summed E-state index contributed by atoms with van der Waals surface area (Å²) < 4.78 is 12.6. The van der Waals surface area contributed by atoms with Gasteiger partial charge in [-0.2, -0.15) is 0 Å². The Morgan fingerprint density at radius 1 is 1.03 bits per heavy atom. The number of aromatic nitrogens is 1. The Hall–Kier alpha value is -3.12. The number of carbonyl (C=O) groups is 1. The Kier molecular flexibility index (Phi) is 8.01. The van der Waals surface area contributed by atoms with Crippen LogP contribution < -0.4 is 9.47 Å². The van der Waals surface area contributed by atoms with E-state index in [0.717, 1.165) is 72.4 Å². The first-order valence-corrected chi connectivity index (χ1v) is 13.5. The number of carbonyl (C=O) groups excluding carboxylic acids is 1. The van der Waals surface area contributed by atoms with E-state index in [-0.39, 0.29) is 12.0 Å². The van der Waals surface area contributed by atoms with Gasteiger partial charge in [0.2, 0.25) is 5.91 Å². The highest BCUT2D eigenvalue weighted by molar-refractivity contribution is 5.88. The average molecular weight is 488 g/mol. The number of hydrogen-bond acceptors (Lipinski definition) is 5. The second-order valence-electron chi connectivity index (χ2n) is 9.87. The van der Waals surface area contributed by atoms with E-state index in [1.165, 1.54) is 25.9 Å². The molecule has 2 aliphatic heterocycles. The van der Waals surface area contributed by atoms with Gasteiger partial charge in [0.05, 0.1) is 12.1 Å². The predicted octanol–water partition coefficient (Wildman–Crippen LogP) is 5.55. The smallest absolute Gasteiger partial charge is 0.222 e. The molecule has 36 heavy (non-hydrogen) atoms. The molecule has 0 saturated carbocycles. The van der Waals surface area contributed by atoms with Crippen molar-refractivity contribution in [3.8, 4) is 22.6 Å². The largest absolute Gasteiger partial charge is 0.493 e. The van der Waals surface area contributed by atoms with Crippen LogP contribution in [0.4, 0.5) is 0 Å². The second kappa shape index (κ2) is 11.7. The first-order chi connectivity index (χ1) is 17.7. The fourth-order valence-corrected chi connectivity index (χ4v) is 5.27. The fourth-order valence-electron chi connectivity index (χ4n) is 5.27. The van der Waals surface area contributed by atoms with Crippen LogP contribution in [0.3, 0.4) is 0 Å². The van der Waals surface area contributed by atoms with E-state index in [9.17, 15) is 4.79 Å². The molecule has 2 saturated heterocycles. The zero-order valence-corrected chi connectivity index (χ0v) is 21.3. The highest BCUT2D eigenvalue weighted by Crippen LogP contribution is 2.35. The summed E-state index contributed by atoms with van der Waals surface area (Å²) in [7, 11) is 0. The van der Waals surface area contributed by atoms with Gasteiger partial charge in [-0.1, -0.05) is 25.1 Å². The molecule has 190 valence electrons. The molecule has 0 unspecified atom stereocenters. The number of hydrogen-bond donors (Lipinski definition) is 0. The van der Waals surface area contributed by atoms with Crippen LogP contribution in [0.2, 0.25) is 0 Å². The van der Waals surface area contributed by atoms with Crippen molar-refractivity contribution in [3.63, 3.8) is 0 Å². The average Bonchev–Trinajstić information content (AvgIpc) is 3.45. The Bertz CT molecular complexity index is 1150. The van der Waals surface area contributed by atoms with E-state index in [4.69, 9.17) is 9.47 Å². The molecule has 1 aromatic heterocycles. The number of likely N-dealkylation sites (tertiary alicyclic amines) is 2. The van der Waals surface area contributed by atoms with Crippen molar-refractivity contribution in [1.82, 2.24) is 14.8 Å². The van der Waals surface area contributed by atoms with Crippen LogP contribution in [-0.2, 0) is 4.79 Å². The van der Waals surface area contributed by atoms with Crippen molar-refractivity contribution < 1.29 is 14.3 Å². The van der Waals surface area contributed by atoms with Crippen LogP contribution >= 0.6 is 0 Å². The first-order valence-electron chi connectivity index (χ1n) is 13.5. The minimum Gasteiger partial charge on any atom is -0.493 e. The Labute approximate surface area is 214 Å². The van der Waals surface area contributed by atoms with Crippen LogP contribution in [0, 0.1) is 0 Å². The molecule has 6 nitrogen and oxygen atoms in total. The third-order valence-corrected chi connectivity index (χ3v) is 7.34. The molecule has 0 aliphatic carbocycles. The summed E-state index contributed by atoms with van der Waals surface area (Å²) in [6.07, 6.45) is 7.97. The van der Waals surface area contributed by atoms with E-state index in [2.05, 4.69) is 40.2 Å². The SMILES string of the molecule is CCC(=O)N1CCC(Oc2ccc(-c3cc4ncccc4cc3OCCCN3CCCC3)cc2)CC1. The van der Waals surface area contributed by atoms with Gasteiger partial charge in [-0.05, 0) is 68.2 Å². The molecule has 2 aliphatic rings. The van der Waals surface area contributed by atoms with Crippen molar-refractivity contribution in [3.05, 3.63) is 54.7 Å². The van der Waals surface area contributed by atoms with E-state index in [1.807, 2.05) is 36.2 Å². The number of rotatable bonds is 9. The highest BCUT2D eigenvalue weighted by atomic mass is 16.5. The van der Waals surface area contributed by atoms with Gasteiger partial charge in [-0.25, -0.2) is 0 Å². The number of benzene rings is 2. The zero-order valence-electron chi connectivity index (χ0n) is 21.3. The van der Waals surface area contributed by atoms with E-state index in [1.54, 1.807) is 0 Å². The summed E-state index contributed by atoms with van der Waals surface area (Å²) in [5.74, 6) is 2.00. The molecule has 2 fully saturated rings. The van der Waals surface area contributed by atoms with Gasteiger partial charge >= 0.3 is 0 Å². The topological polar surface area (TPSA) is 54.9 Å². The van der Waals surface area contributed by atoms with Crippen LogP contribution in [-0.4, -0.2) is 66.1 Å². The van der Waals surface area contributed by atoms with Gasteiger partial charge in [0.25, 0.3) is 0 Å². The maximum absolute atomic E-state index is 11.9. The third-order valence-electron chi connectivity index (χ3n) is 7.34. The lowest BCUT2D eigenvalue weighted by Crippen LogP contribution is -2.41. The Morgan fingerprint density at radius 3 is 2.56 bits per heavy atom. The molecule has 3 heterocycles. The molecule has 0 atom stereocenters. The van der Waals surface area contributed by atoms with Crippen molar-refractivity contribution in [2.75, 3.05) is 39.3 Å². The van der Waals surface area contributed by atoms with Crippen LogP contribution in [0.5, 0.6) is 11.5 Å². The predicted molar refractivity (Wildman–Crippen MR) is 143 cm³/mol. The van der Waals surface area contributed by atoms with Crippen LogP contribution in [0.25, 0.3) is 22.0 Å². The molecular weight excluding hydrogens is 450 g/mol. The van der Waals surface area contributed by atoms with Crippen molar-refractivity contribution in [2.24, 2.45) is 0 Å². The summed E-state index contributed by atoms with van der Waals surface area (Å²) in [6.45, 7) is 7.71. The summed E-state index contributed by atoms with van der Waals surface area (Å²) in [6, 6.07) is 16.6. The van der Waals surface area contributed by atoms with Crippen LogP contribution in [0.1, 0.15) is 45.4 Å². The fraction of sp³-hybridized carbons (Fsp3) is 0.467. The maximum Gasteiger partial charge on any atom is 0.222 e. The first kappa shape index (κ1) is 24.6. The lowest BCUT2D eigenvalue weighted by molar-refractivity contribution is -0.132. The van der Waals surface area contributed by atoms with Gasteiger partial charge in [0.15, 0.2) is 0 Å². The van der Waals surface area contributed by atoms with Crippen molar-refractivity contribution >= 4 is 16.8 Å². The van der Waals surface area contributed by atoms with Crippen molar-refractivity contribution in [2.45, 2.75) is 51.6 Å². The van der Waals surface area contributed by atoms with Gasteiger partial charge in [0.1, 0.15) is 17.6 Å². The van der Waals surface area contributed by atoms with Gasteiger partial charge in [-0.15, -0.1) is 0 Å². The molecule has 6 heteroatoms. The summed E-state index contributed by atoms with van der Waals surface area (Å²) >= 11 is 0. The quantitative estimate of drug-likeness (QED) is 0.371. The van der Waals surface area contributed by atoms with Gasteiger partial charge < -0.3 is 19.3 Å². The molecule has 1 amide bonds. The number of piperidine rings is 1. The molecule has 2 aromatic carbocycles. The number of amides is 1. The van der Waals surface area contributed by atoms with Gasteiger partial charge in [0, 0.05) is 56.0 Å². The molecule has 0 radical (unpaired) electrons. The third kappa shape index (κ3) is 5.98. The van der Waals surface area contributed by atoms with E-state index >= 15 is 0 Å². The minimum absolute atomic E-state index is 0.149. The molecule has 0 N–H and O–H groups in total. The lowest BCUT2D eigenvalue weighted by atomic mass is 10.0. The Morgan fingerprint density at radius 2 is 1.81 bits per heavy atom. The van der Waals surface area contributed by atoms with E-state index in [0.29, 0.717) is 13.0 Å². The summed E-state index contributed by atoms with van der Waals surface area (Å²) in [4.78, 5) is 21.0. The molecule has 3 aromatic rings. The van der Waals surface area contributed by atoms with E-state index < -0.39 is 0 Å². The highest BCUT2D eigenvalue weighted by Gasteiger charge is 2.23. The summed E-state index contributed by atoms with van der Waals surface area (Å²) in [5.41, 5.74) is 3.11. The number of fused-ring (bicyclic) bond motifs is 1. The number of pyridine rings is 1. The molecular formula is C30H37N3O3. The van der Waals surface area contributed by atoms with Gasteiger partial charge in [-0.3, -0.25) is 9.78 Å². The van der Waals surface area contributed by atoms with Crippen LogP contribution in [0.15, 0.2) is 54.7 Å². The standard InChI is InChI=1S/C30H37N3O3/c1-2-30(34)33-18-12-26(13-19-33)36-25-10-8-23(9-11-25)27-22-28-24(7-5-14-31-28)21-29(27)35-20-6-17-32-15-3-4-16-32/h5,7-11,14,21-22,26H,2-4,6,12-13,15-20H2,1H3. The maximum atomic E-state index is 11.9. The second-order valence-corrected chi connectivity index (χ2v) is 9.87. The van der Waals surface area contributed by atoms with Crippen molar-refractivity contribution in [1.29, 1.82) is 0 Å².